The first-order valence-electron chi connectivity index (χ1n) is 8.50. The maximum Gasteiger partial charge on any atom is 0.191 e. The molecule has 1 aliphatic rings. The molecule has 0 saturated carbocycles. The van der Waals surface area contributed by atoms with Gasteiger partial charge in [-0.05, 0) is 43.9 Å². The van der Waals surface area contributed by atoms with E-state index in [1.54, 1.807) is 7.11 Å². The molecule has 23 heavy (non-hydrogen) atoms. The van der Waals surface area contributed by atoms with Crippen molar-refractivity contribution in [1.82, 2.24) is 10.6 Å². The molecule has 0 aromatic heterocycles. The Morgan fingerprint density at radius 3 is 3.00 bits per heavy atom. The molecule has 0 amide bonds. The average molecular weight is 318 g/mol. The molecule has 2 rings (SSSR count). The SMILES string of the molecule is CCNC(=NCc1ccc2c(c1)CCCN2C)NC(C)COC. The summed E-state index contributed by atoms with van der Waals surface area (Å²) >= 11 is 0. The summed E-state index contributed by atoms with van der Waals surface area (Å²) in [5, 5.41) is 6.65. The Morgan fingerprint density at radius 1 is 1.43 bits per heavy atom. The van der Waals surface area contributed by atoms with Crippen molar-refractivity contribution >= 4 is 11.6 Å². The summed E-state index contributed by atoms with van der Waals surface area (Å²) in [4.78, 5) is 7.04. The Hall–Kier alpha value is -1.75. The number of nitrogens with zero attached hydrogens (tertiary/aromatic N) is 2. The lowest BCUT2D eigenvalue weighted by Gasteiger charge is -2.27. The first-order chi connectivity index (χ1) is 11.1. The third-order valence-electron chi connectivity index (χ3n) is 4.06. The minimum absolute atomic E-state index is 0.231. The van der Waals surface area contributed by atoms with Crippen LogP contribution in [0.5, 0.6) is 0 Å². The largest absolute Gasteiger partial charge is 0.383 e. The van der Waals surface area contributed by atoms with Crippen LogP contribution in [-0.2, 0) is 17.7 Å². The summed E-state index contributed by atoms with van der Waals surface area (Å²) < 4.78 is 5.17. The highest BCUT2D eigenvalue weighted by atomic mass is 16.5. The molecule has 0 spiro atoms. The second kappa shape index (κ2) is 8.77. The minimum Gasteiger partial charge on any atom is -0.383 e. The second-order valence-corrected chi connectivity index (χ2v) is 6.18. The number of guanidine groups is 1. The van der Waals surface area contributed by atoms with Crippen LogP contribution in [-0.4, -0.2) is 45.9 Å². The van der Waals surface area contributed by atoms with Crippen molar-refractivity contribution < 1.29 is 4.74 Å². The number of rotatable bonds is 6. The van der Waals surface area contributed by atoms with E-state index in [0.29, 0.717) is 13.2 Å². The molecule has 0 radical (unpaired) electrons. The number of methoxy groups -OCH3 is 1. The molecule has 0 bridgehead atoms. The van der Waals surface area contributed by atoms with E-state index < -0.39 is 0 Å². The fourth-order valence-corrected chi connectivity index (χ4v) is 2.95. The van der Waals surface area contributed by atoms with Crippen molar-refractivity contribution in [3.8, 4) is 0 Å². The topological polar surface area (TPSA) is 48.9 Å². The molecule has 2 N–H and O–H groups in total. The molecule has 0 saturated heterocycles. The van der Waals surface area contributed by atoms with Crippen LogP contribution in [0.15, 0.2) is 23.2 Å². The predicted octanol–water partition coefficient (Wildman–Crippen LogP) is 2.16. The highest BCUT2D eigenvalue weighted by Crippen LogP contribution is 2.26. The summed E-state index contributed by atoms with van der Waals surface area (Å²) in [5.74, 6) is 0.840. The zero-order valence-electron chi connectivity index (χ0n) is 14.9. The Kier molecular flexibility index (Phi) is 6.71. The summed E-state index contributed by atoms with van der Waals surface area (Å²) in [6, 6.07) is 6.95. The average Bonchev–Trinajstić information content (AvgIpc) is 2.53. The van der Waals surface area contributed by atoms with E-state index in [9.17, 15) is 0 Å². The van der Waals surface area contributed by atoms with Crippen molar-refractivity contribution in [2.45, 2.75) is 39.3 Å². The van der Waals surface area contributed by atoms with Crippen molar-refractivity contribution in [3.05, 3.63) is 29.3 Å². The van der Waals surface area contributed by atoms with E-state index in [2.05, 4.69) is 54.6 Å². The molecule has 1 aromatic rings. The standard InChI is InChI=1S/C18H30N4O/c1-5-19-18(21-14(2)13-23-4)20-12-15-8-9-17-16(11-15)7-6-10-22(17)3/h8-9,11,14H,5-7,10,12-13H2,1-4H3,(H2,19,20,21). The highest BCUT2D eigenvalue weighted by molar-refractivity contribution is 5.80. The van der Waals surface area contributed by atoms with Crippen LogP contribution in [0.2, 0.25) is 0 Å². The van der Waals surface area contributed by atoms with Crippen LogP contribution in [0.4, 0.5) is 5.69 Å². The zero-order chi connectivity index (χ0) is 16.7. The molecule has 1 aromatic carbocycles. The lowest BCUT2D eigenvalue weighted by molar-refractivity contribution is 0.179. The maximum atomic E-state index is 5.17. The summed E-state index contributed by atoms with van der Waals surface area (Å²) in [5.41, 5.74) is 4.07. The van der Waals surface area contributed by atoms with E-state index in [1.165, 1.54) is 29.7 Å². The van der Waals surface area contributed by atoms with E-state index in [-0.39, 0.29) is 6.04 Å². The molecular weight excluding hydrogens is 288 g/mol. The summed E-state index contributed by atoms with van der Waals surface area (Å²) in [6.45, 7) is 7.51. The fourth-order valence-electron chi connectivity index (χ4n) is 2.95. The van der Waals surface area contributed by atoms with Gasteiger partial charge in [0.15, 0.2) is 5.96 Å². The molecule has 1 unspecified atom stereocenters. The van der Waals surface area contributed by atoms with Gasteiger partial charge in [-0.3, -0.25) is 0 Å². The van der Waals surface area contributed by atoms with Gasteiger partial charge in [0.2, 0.25) is 0 Å². The van der Waals surface area contributed by atoms with Crippen molar-refractivity contribution in [2.75, 3.05) is 38.8 Å². The van der Waals surface area contributed by atoms with Crippen molar-refractivity contribution in [1.29, 1.82) is 0 Å². The van der Waals surface area contributed by atoms with Crippen LogP contribution in [0, 0.1) is 0 Å². The Bertz CT molecular complexity index is 530. The lowest BCUT2D eigenvalue weighted by atomic mass is 10.00. The van der Waals surface area contributed by atoms with E-state index >= 15 is 0 Å². The first kappa shape index (κ1) is 17.6. The van der Waals surface area contributed by atoms with Gasteiger partial charge in [-0.25, -0.2) is 4.99 Å². The van der Waals surface area contributed by atoms with Crippen LogP contribution < -0.4 is 15.5 Å². The number of fused-ring (bicyclic) bond motifs is 1. The molecule has 5 nitrogen and oxygen atoms in total. The molecule has 1 aliphatic heterocycles. The third kappa shape index (κ3) is 5.13. The van der Waals surface area contributed by atoms with E-state index in [0.717, 1.165) is 19.0 Å². The molecule has 128 valence electrons. The number of nitrogens with one attached hydrogen (secondary N) is 2. The van der Waals surface area contributed by atoms with Gasteiger partial charge in [0.1, 0.15) is 0 Å². The molecular formula is C18H30N4O. The number of aliphatic imine (C=N–C) groups is 1. The Balaban J connectivity index is 2.03. The van der Waals surface area contributed by atoms with Gasteiger partial charge in [-0.15, -0.1) is 0 Å². The van der Waals surface area contributed by atoms with Gasteiger partial charge < -0.3 is 20.3 Å². The van der Waals surface area contributed by atoms with Crippen molar-refractivity contribution in [3.63, 3.8) is 0 Å². The minimum atomic E-state index is 0.231. The number of aryl methyl sites for hydroxylation is 1. The van der Waals surface area contributed by atoms with Crippen molar-refractivity contribution in [2.24, 2.45) is 4.99 Å². The monoisotopic (exact) mass is 318 g/mol. The van der Waals surface area contributed by atoms with E-state index in [1.807, 2.05) is 0 Å². The molecule has 5 heteroatoms. The smallest absolute Gasteiger partial charge is 0.191 e. The van der Waals surface area contributed by atoms with Crippen LogP contribution in [0.3, 0.4) is 0 Å². The molecule has 1 atom stereocenters. The molecule has 0 aliphatic carbocycles. The lowest BCUT2D eigenvalue weighted by Crippen LogP contribution is -2.43. The predicted molar refractivity (Wildman–Crippen MR) is 97.3 cm³/mol. The van der Waals surface area contributed by atoms with Gasteiger partial charge >= 0.3 is 0 Å². The maximum absolute atomic E-state index is 5.17. The number of hydrogen-bond acceptors (Lipinski definition) is 3. The quantitative estimate of drug-likeness (QED) is 0.623. The Labute approximate surface area is 140 Å². The van der Waals surface area contributed by atoms with Crippen LogP contribution >= 0.6 is 0 Å². The number of ether oxygens (including phenoxy) is 1. The van der Waals surface area contributed by atoms with Crippen LogP contribution in [0.1, 0.15) is 31.4 Å². The number of anilines is 1. The van der Waals surface area contributed by atoms with E-state index in [4.69, 9.17) is 9.73 Å². The second-order valence-electron chi connectivity index (χ2n) is 6.18. The molecule has 1 heterocycles. The zero-order valence-corrected chi connectivity index (χ0v) is 14.9. The van der Waals surface area contributed by atoms with Gasteiger partial charge in [-0.1, -0.05) is 12.1 Å². The summed E-state index contributed by atoms with van der Waals surface area (Å²) in [6.07, 6.45) is 2.40. The summed E-state index contributed by atoms with van der Waals surface area (Å²) in [7, 11) is 3.88. The van der Waals surface area contributed by atoms with Crippen LogP contribution in [0.25, 0.3) is 0 Å². The normalized spacial score (nSPS) is 16.0. The van der Waals surface area contributed by atoms with Gasteiger partial charge in [-0.2, -0.15) is 0 Å². The van der Waals surface area contributed by atoms with Gasteiger partial charge in [0.25, 0.3) is 0 Å². The first-order valence-corrected chi connectivity index (χ1v) is 8.50. The highest BCUT2D eigenvalue weighted by Gasteiger charge is 2.13. The van der Waals surface area contributed by atoms with Gasteiger partial charge in [0.05, 0.1) is 13.2 Å². The molecule has 0 fully saturated rings. The number of benzene rings is 1. The number of hydrogen-bond donors (Lipinski definition) is 2. The Morgan fingerprint density at radius 2 is 2.26 bits per heavy atom. The fraction of sp³-hybridized carbons (Fsp3) is 0.611. The third-order valence-corrected chi connectivity index (χ3v) is 4.06. The van der Waals surface area contributed by atoms with Gasteiger partial charge in [0, 0.05) is 39.0 Å².